The van der Waals surface area contributed by atoms with Crippen molar-refractivity contribution in [2.45, 2.75) is 136 Å². The molecule has 5 rings (SSSR count). The number of esters is 1. The van der Waals surface area contributed by atoms with E-state index in [1.54, 1.807) is 27.0 Å². The van der Waals surface area contributed by atoms with Crippen LogP contribution in [-0.4, -0.2) is 40.5 Å². The Bertz CT molecular complexity index is 1210. The Kier molecular flexibility index (Phi) is 8.12. The molecule has 4 aliphatic rings. The lowest BCUT2D eigenvalue weighted by atomic mass is 9.43. The van der Waals surface area contributed by atoms with Crippen LogP contribution in [0.1, 0.15) is 118 Å². The average Bonchev–Trinajstić information content (AvgIpc) is 3.18. The van der Waals surface area contributed by atoms with E-state index in [4.69, 9.17) is 13.9 Å². The molecule has 42 heavy (non-hydrogen) atoms. The highest BCUT2D eigenvalue weighted by Crippen LogP contribution is 2.70. The molecule has 4 aliphatic carbocycles. The Hall–Kier alpha value is -2.35. The fourth-order valence-electron chi connectivity index (χ4n) is 9.56. The standard InChI is InChI=1S/C34H51NO7/c1-20(2)28(35-30(38)42-31(3,4)5)29(37)41-23-12-15-32(6)22(18-23)9-10-26-25(32)13-16-33(7)24(14-17-34(26,33)39)21-8-11-27(36)40-19-21/h8,11,19-20,22-26,28,39H,9-10,12-18H2,1-7H3,(H,35,38). The predicted octanol–water partition coefficient (Wildman–Crippen LogP) is 6.34. The van der Waals surface area contributed by atoms with Crippen LogP contribution in [0.3, 0.4) is 0 Å². The highest BCUT2D eigenvalue weighted by atomic mass is 16.6. The minimum atomic E-state index is -0.762. The van der Waals surface area contributed by atoms with Gasteiger partial charge in [0.25, 0.3) is 0 Å². The van der Waals surface area contributed by atoms with E-state index in [1.165, 1.54) is 6.07 Å². The molecule has 9 unspecified atom stereocenters. The zero-order valence-electron chi connectivity index (χ0n) is 26.5. The van der Waals surface area contributed by atoms with Gasteiger partial charge in [-0.15, -0.1) is 0 Å². The molecule has 1 heterocycles. The summed E-state index contributed by atoms with van der Waals surface area (Å²) in [6.07, 6.45) is 9.08. The molecule has 4 fully saturated rings. The van der Waals surface area contributed by atoms with Crippen molar-refractivity contribution in [3.63, 3.8) is 0 Å². The average molecular weight is 586 g/mol. The Balaban J connectivity index is 1.26. The van der Waals surface area contributed by atoms with E-state index >= 15 is 0 Å². The first-order chi connectivity index (χ1) is 19.6. The molecule has 0 radical (unpaired) electrons. The van der Waals surface area contributed by atoms with E-state index in [0.29, 0.717) is 11.8 Å². The number of carbonyl (C=O) groups is 2. The lowest BCUT2D eigenvalue weighted by molar-refractivity contribution is -0.207. The van der Waals surface area contributed by atoms with Gasteiger partial charge in [0.2, 0.25) is 0 Å². The third-order valence-corrected chi connectivity index (χ3v) is 11.8. The van der Waals surface area contributed by atoms with E-state index in [1.807, 2.05) is 19.9 Å². The molecule has 0 bridgehead atoms. The highest BCUT2D eigenvalue weighted by molar-refractivity contribution is 5.81. The topological polar surface area (TPSA) is 115 Å². The van der Waals surface area contributed by atoms with Gasteiger partial charge in [-0.1, -0.05) is 27.7 Å². The fraction of sp³-hybridized carbons (Fsp3) is 0.794. The number of hydrogen-bond acceptors (Lipinski definition) is 7. The number of carbonyl (C=O) groups excluding carboxylic acids is 2. The molecule has 1 aromatic rings. The Morgan fingerprint density at radius 1 is 1.02 bits per heavy atom. The van der Waals surface area contributed by atoms with Crippen molar-refractivity contribution >= 4 is 12.1 Å². The van der Waals surface area contributed by atoms with Crippen LogP contribution in [0.25, 0.3) is 0 Å². The van der Waals surface area contributed by atoms with Crippen LogP contribution >= 0.6 is 0 Å². The molecule has 4 saturated carbocycles. The lowest BCUT2D eigenvalue weighted by Gasteiger charge is -2.63. The van der Waals surface area contributed by atoms with Crippen LogP contribution in [0.2, 0.25) is 0 Å². The van der Waals surface area contributed by atoms with Crippen molar-refractivity contribution in [3.05, 3.63) is 34.4 Å². The van der Waals surface area contributed by atoms with E-state index < -0.39 is 29.3 Å². The van der Waals surface area contributed by atoms with Crippen molar-refractivity contribution < 1.29 is 28.6 Å². The normalized spacial score (nSPS) is 38.5. The second kappa shape index (κ2) is 11.0. The maximum Gasteiger partial charge on any atom is 0.408 e. The second-order valence-corrected chi connectivity index (χ2v) is 15.6. The SMILES string of the molecule is CC(C)C(NC(=O)OC(C)(C)C)C(=O)OC1CCC2(C)C(CCC3C2CCC2(C)C(c4ccc(=O)oc4)CCC32O)C1. The lowest BCUT2D eigenvalue weighted by Crippen LogP contribution is -2.62. The molecule has 1 amide bonds. The summed E-state index contributed by atoms with van der Waals surface area (Å²) in [7, 11) is 0. The van der Waals surface area contributed by atoms with Crippen molar-refractivity contribution in [1.29, 1.82) is 0 Å². The monoisotopic (exact) mass is 585 g/mol. The third-order valence-electron chi connectivity index (χ3n) is 11.8. The number of aliphatic hydroxyl groups is 1. The molecule has 0 aliphatic heterocycles. The molecule has 8 heteroatoms. The Morgan fingerprint density at radius 2 is 1.76 bits per heavy atom. The molecule has 0 aromatic carbocycles. The molecular formula is C34H51NO7. The first-order valence-corrected chi connectivity index (χ1v) is 16.1. The van der Waals surface area contributed by atoms with Gasteiger partial charge in [0.1, 0.15) is 17.7 Å². The van der Waals surface area contributed by atoms with Gasteiger partial charge in [0.15, 0.2) is 0 Å². The summed E-state index contributed by atoms with van der Waals surface area (Å²) in [5, 5.41) is 15.2. The number of fused-ring (bicyclic) bond motifs is 5. The van der Waals surface area contributed by atoms with Crippen molar-refractivity contribution in [2.75, 3.05) is 0 Å². The van der Waals surface area contributed by atoms with Crippen LogP contribution < -0.4 is 10.9 Å². The number of hydrogen-bond donors (Lipinski definition) is 2. The van der Waals surface area contributed by atoms with Gasteiger partial charge in [-0.3, -0.25) is 0 Å². The summed E-state index contributed by atoms with van der Waals surface area (Å²) in [5.74, 6) is 0.742. The zero-order valence-corrected chi connectivity index (χ0v) is 26.5. The first kappa shape index (κ1) is 31.1. The molecule has 0 spiro atoms. The Morgan fingerprint density at radius 3 is 2.40 bits per heavy atom. The van der Waals surface area contributed by atoms with Crippen molar-refractivity contribution in [3.8, 4) is 0 Å². The number of amides is 1. The molecular weight excluding hydrogens is 534 g/mol. The summed E-state index contributed by atoms with van der Waals surface area (Å²) in [5.41, 5.74) is -0.873. The van der Waals surface area contributed by atoms with Gasteiger partial charge in [-0.05, 0) is 125 Å². The van der Waals surface area contributed by atoms with Gasteiger partial charge < -0.3 is 24.3 Å². The third kappa shape index (κ3) is 5.41. The molecule has 1 aromatic heterocycles. The summed E-state index contributed by atoms with van der Waals surface area (Å²) < 4.78 is 16.7. The Labute approximate surface area is 250 Å². The van der Waals surface area contributed by atoms with Crippen molar-refractivity contribution in [2.24, 2.45) is 34.5 Å². The minimum absolute atomic E-state index is 0.0900. The van der Waals surface area contributed by atoms with E-state index in [2.05, 4.69) is 19.2 Å². The zero-order chi connectivity index (χ0) is 30.7. The van der Waals surface area contributed by atoms with E-state index in [9.17, 15) is 19.5 Å². The molecule has 9 atom stereocenters. The fourth-order valence-corrected chi connectivity index (χ4v) is 9.56. The van der Waals surface area contributed by atoms with E-state index in [0.717, 1.165) is 63.4 Å². The summed E-state index contributed by atoms with van der Waals surface area (Å²) in [4.78, 5) is 37.2. The minimum Gasteiger partial charge on any atom is -0.461 e. The molecule has 2 N–H and O–H groups in total. The summed E-state index contributed by atoms with van der Waals surface area (Å²) >= 11 is 0. The van der Waals surface area contributed by atoms with E-state index in [-0.39, 0.29) is 40.3 Å². The van der Waals surface area contributed by atoms with Gasteiger partial charge in [-0.25, -0.2) is 14.4 Å². The number of nitrogens with one attached hydrogen (secondary N) is 1. The number of alkyl carbamates (subject to hydrolysis) is 1. The van der Waals surface area contributed by atoms with Gasteiger partial charge in [0, 0.05) is 11.5 Å². The maximum absolute atomic E-state index is 13.2. The van der Waals surface area contributed by atoms with Crippen LogP contribution in [0.4, 0.5) is 4.79 Å². The molecule has 234 valence electrons. The van der Waals surface area contributed by atoms with Crippen molar-refractivity contribution in [1.82, 2.24) is 5.32 Å². The first-order valence-electron chi connectivity index (χ1n) is 16.1. The largest absolute Gasteiger partial charge is 0.461 e. The highest BCUT2D eigenvalue weighted by Gasteiger charge is 2.67. The maximum atomic E-state index is 13.2. The molecule has 8 nitrogen and oxygen atoms in total. The summed E-state index contributed by atoms with van der Waals surface area (Å²) in [6.45, 7) is 13.8. The van der Waals surface area contributed by atoms with Gasteiger partial charge in [0.05, 0.1) is 11.9 Å². The van der Waals surface area contributed by atoms with Crippen LogP contribution in [0, 0.1) is 34.5 Å². The predicted molar refractivity (Wildman–Crippen MR) is 159 cm³/mol. The molecule has 0 saturated heterocycles. The number of rotatable bonds is 5. The van der Waals surface area contributed by atoms with Crippen LogP contribution in [0.15, 0.2) is 27.6 Å². The summed E-state index contributed by atoms with van der Waals surface area (Å²) in [6, 6.07) is 2.62. The van der Waals surface area contributed by atoms with Gasteiger partial charge >= 0.3 is 17.7 Å². The quantitative estimate of drug-likeness (QED) is 0.387. The van der Waals surface area contributed by atoms with Gasteiger partial charge in [-0.2, -0.15) is 0 Å². The second-order valence-electron chi connectivity index (χ2n) is 15.6. The van der Waals surface area contributed by atoms with Crippen LogP contribution in [-0.2, 0) is 14.3 Å². The number of ether oxygens (including phenoxy) is 2. The smallest absolute Gasteiger partial charge is 0.408 e. The van der Waals surface area contributed by atoms with Crippen LogP contribution in [0.5, 0.6) is 0 Å².